The van der Waals surface area contributed by atoms with Crippen molar-refractivity contribution in [3.63, 3.8) is 0 Å². The molecule has 20 heavy (non-hydrogen) atoms. The fraction of sp³-hybridized carbons (Fsp3) is 0.267. The normalized spacial score (nSPS) is 10.3. The Balaban J connectivity index is 2.25. The molecule has 0 aliphatic rings. The lowest BCUT2D eigenvalue weighted by atomic mass is 10.1. The maximum atomic E-state index is 11.5. The van der Waals surface area contributed by atoms with Crippen molar-refractivity contribution in [2.45, 2.75) is 6.92 Å². The van der Waals surface area contributed by atoms with Gasteiger partial charge in [0.1, 0.15) is 11.5 Å². The topological polar surface area (TPSA) is 42.4 Å². The molecule has 0 unspecified atom stereocenters. The van der Waals surface area contributed by atoms with Crippen LogP contribution >= 0.6 is 12.2 Å². The number of ether oxygens (including phenoxy) is 1. The van der Waals surface area contributed by atoms with Crippen LogP contribution in [0.3, 0.4) is 0 Å². The molecule has 1 aromatic heterocycles. The molecule has 1 heterocycles. The molecule has 2 aromatic rings. The first-order valence-corrected chi connectivity index (χ1v) is 6.79. The van der Waals surface area contributed by atoms with Crippen LogP contribution in [0.2, 0.25) is 0 Å². The summed E-state index contributed by atoms with van der Waals surface area (Å²) in [6.07, 6.45) is 1.75. The number of rotatable bonds is 4. The first-order valence-electron chi connectivity index (χ1n) is 6.38. The van der Waals surface area contributed by atoms with Gasteiger partial charge in [-0.25, -0.2) is 0 Å². The van der Waals surface area contributed by atoms with E-state index in [0.717, 1.165) is 16.5 Å². The largest absolute Gasteiger partial charge is 0.465 e. The van der Waals surface area contributed by atoms with Gasteiger partial charge in [-0.15, -0.1) is 0 Å². The van der Waals surface area contributed by atoms with Gasteiger partial charge in [-0.3, -0.25) is 9.78 Å². The summed E-state index contributed by atoms with van der Waals surface area (Å²) in [5, 5.41) is 0.982. The van der Waals surface area contributed by atoms with E-state index in [9.17, 15) is 4.79 Å². The van der Waals surface area contributed by atoms with Gasteiger partial charge < -0.3 is 9.64 Å². The van der Waals surface area contributed by atoms with E-state index in [1.165, 1.54) is 0 Å². The molecule has 0 N–H and O–H groups in total. The Morgan fingerprint density at radius 1 is 1.35 bits per heavy atom. The molecule has 5 heteroatoms. The van der Waals surface area contributed by atoms with Crippen LogP contribution < -0.4 is 0 Å². The van der Waals surface area contributed by atoms with E-state index in [2.05, 4.69) is 4.98 Å². The number of benzene rings is 1. The molecule has 0 aliphatic carbocycles. The molecule has 0 atom stereocenters. The van der Waals surface area contributed by atoms with Gasteiger partial charge in [0.05, 0.1) is 12.1 Å². The number of hydrogen-bond acceptors (Lipinski definition) is 4. The third-order valence-electron chi connectivity index (χ3n) is 2.89. The number of nitrogens with zero attached hydrogens (tertiary/aromatic N) is 2. The second-order valence-electron chi connectivity index (χ2n) is 4.34. The number of carbonyl (C=O) groups is 1. The van der Waals surface area contributed by atoms with Crippen molar-refractivity contribution >= 4 is 34.1 Å². The zero-order valence-electron chi connectivity index (χ0n) is 11.5. The molecule has 4 nitrogen and oxygen atoms in total. The van der Waals surface area contributed by atoms with E-state index in [1.54, 1.807) is 25.1 Å². The first-order chi connectivity index (χ1) is 9.63. The Labute approximate surface area is 123 Å². The number of pyridine rings is 1. The molecular weight excluding hydrogens is 272 g/mol. The zero-order chi connectivity index (χ0) is 14.5. The number of aromatic nitrogens is 1. The molecule has 1 aromatic carbocycles. The molecule has 0 radical (unpaired) electrons. The summed E-state index contributed by atoms with van der Waals surface area (Å²) in [4.78, 5) is 18.1. The van der Waals surface area contributed by atoms with Crippen LogP contribution in [-0.4, -0.2) is 41.0 Å². The summed E-state index contributed by atoms with van der Waals surface area (Å²) >= 11 is 5.46. The molecule has 0 fully saturated rings. The maximum Gasteiger partial charge on any atom is 0.325 e. The number of hydrogen-bond donors (Lipinski definition) is 0. The summed E-state index contributed by atoms with van der Waals surface area (Å²) in [5.41, 5.74) is 1.79. The predicted octanol–water partition coefficient (Wildman–Crippen LogP) is 2.41. The Morgan fingerprint density at radius 2 is 2.15 bits per heavy atom. The summed E-state index contributed by atoms with van der Waals surface area (Å²) in [6, 6.07) is 9.64. The zero-order valence-corrected chi connectivity index (χ0v) is 12.3. The van der Waals surface area contributed by atoms with E-state index < -0.39 is 0 Å². The molecule has 0 spiro atoms. The fourth-order valence-corrected chi connectivity index (χ4v) is 2.21. The highest BCUT2D eigenvalue weighted by Crippen LogP contribution is 2.18. The molecular formula is C15H16N2O2S. The Kier molecular flexibility index (Phi) is 4.63. The van der Waals surface area contributed by atoms with E-state index in [4.69, 9.17) is 17.0 Å². The number of likely N-dealkylation sites (N-methyl/N-ethyl adjacent to an activating group) is 1. The van der Waals surface area contributed by atoms with Gasteiger partial charge in [-0.05, 0) is 19.1 Å². The van der Waals surface area contributed by atoms with E-state index in [1.807, 2.05) is 30.3 Å². The highest BCUT2D eigenvalue weighted by Gasteiger charge is 2.14. The minimum atomic E-state index is -0.282. The number of esters is 1. The van der Waals surface area contributed by atoms with Crippen LogP contribution in [0.4, 0.5) is 0 Å². The van der Waals surface area contributed by atoms with Gasteiger partial charge >= 0.3 is 5.97 Å². The highest BCUT2D eigenvalue weighted by molar-refractivity contribution is 7.80. The van der Waals surface area contributed by atoms with Gasteiger partial charge in [0, 0.05) is 24.2 Å². The lowest BCUT2D eigenvalue weighted by Gasteiger charge is -2.20. The Hall–Kier alpha value is -2.01. The molecule has 0 aliphatic heterocycles. The van der Waals surface area contributed by atoms with Crippen LogP contribution in [0.5, 0.6) is 0 Å². The number of fused-ring (bicyclic) bond motifs is 1. The second-order valence-corrected chi connectivity index (χ2v) is 4.73. The van der Waals surface area contributed by atoms with Crippen molar-refractivity contribution in [3.05, 3.63) is 42.1 Å². The van der Waals surface area contributed by atoms with E-state index >= 15 is 0 Å². The molecule has 0 saturated heterocycles. The maximum absolute atomic E-state index is 11.5. The number of carbonyl (C=O) groups excluding carboxylic acids is 1. The third kappa shape index (κ3) is 3.11. The number of thiocarbonyl (C=S) groups is 1. The van der Waals surface area contributed by atoms with Gasteiger partial charge in [0.25, 0.3) is 0 Å². The molecule has 0 bridgehead atoms. The van der Waals surface area contributed by atoms with Gasteiger partial charge in [0.15, 0.2) is 0 Å². The molecule has 104 valence electrons. The highest BCUT2D eigenvalue weighted by atomic mass is 32.1. The van der Waals surface area contributed by atoms with E-state index in [-0.39, 0.29) is 12.5 Å². The van der Waals surface area contributed by atoms with Crippen LogP contribution in [-0.2, 0) is 9.53 Å². The average Bonchev–Trinajstić information content (AvgIpc) is 2.46. The van der Waals surface area contributed by atoms with Crippen LogP contribution in [0.15, 0.2) is 36.5 Å². The van der Waals surface area contributed by atoms with E-state index in [0.29, 0.717) is 11.6 Å². The minimum absolute atomic E-state index is 0.142. The van der Waals surface area contributed by atoms with Crippen LogP contribution in [0.1, 0.15) is 12.5 Å². The van der Waals surface area contributed by atoms with Crippen molar-refractivity contribution in [2.75, 3.05) is 20.2 Å². The van der Waals surface area contributed by atoms with Gasteiger partial charge in [-0.2, -0.15) is 0 Å². The Bertz CT molecular complexity index is 637. The van der Waals surface area contributed by atoms with Crippen molar-refractivity contribution < 1.29 is 9.53 Å². The quantitative estimate of drug-likeness (QED) is 0.638. The van der Waals surface area contributed by atoms with Crippen molar-refractivity contribution in [1.82, 2.24) is 9.88 Å². The minimum Gasteiger partial charge on any atom is -0.465 e. The summed E-state index contributed by atoms with van der Waals surface area (Å²) < 4.78 is 4.93. The van der Waals surface area contributed by atoms with Crippen LogP contribution in [0, 0.1) is 0 Å². The summed E-state index contributed by atoms with van der Waals surface area (Å²) in [5.74, 6) is -0.282. The van der Waals surface area contributed by atoms with Crippen LogP contribution in [0.25, 0.3) is 10.9 Å². The first kappa shape index (κ1) is 14.4. The summed E-state index contributed by atoms with van der Waals surface area (Å²) in [6.45, 7) is 2.30. The summed E-state index contributed by atoms with van der Waals surface area (Å²) in [7, 11) is 1.79. The lowest BCUT2D eigenvalue weighted by Crippen LogP contribution is -2.32. The fourth-order valence-electron chi connectivity index (χ4n) is 1.97. The lowest BCUT2D eigenvalue weighted by molar-refractivity contribution is -0.143. The van der Waals surface area contributed by atoms with Crippen molar-refractivity contribution in [2.24, 2.45) is 0 Å². The SMILES string of the molecule is CCOC(=O)CN(C)C(=S)c1cccc2ncccc12. The monoisotopic (exact) mass is 288 g/mol. The molecule has 0 amide bonds. The standard InChI is InChI=1S/C15H16N2O2S/c1-3-19-14(18)10-17(2)15(20)12-6-4-8-13-11(12)7-5-9-16-13/h4-9H,3,10H2,1-2H3. The third-order valence-corrected chi connectivity index (χ3v) is 3.43. The second kappa shape index (κ2) is 6.43. The smallest absolute Gasteiger partial charge is 0.325 e. The van der Waals surface area contributed by atoms with Crippen molar-refractivity contribution in [3.8, 4) is 0 Å². The van der Waals surface area contributed by atoms with Crippen molar-refractivity contribution in [1.29, 1.82) is 0 Å². The average molecular weight is 288 g/mol. The molecule has 2 rings (SSSR count). The predicted molar refractivity (Wildman–Crippen MR) is 82.7 cm³/mol. The molecule has 0 saturated carbocycles. The van der Waals surface area contributed by atoms with Gasteiger partial charge in [0.2, 0.25) is 0 Å². The Morgan fingerprint density at radius 3 is 2.90 bits per heavy atom. The van der Waals surface area contributed by atoms with Gasteiger partial charge in [-0.1, -0.05) is 30.4 Å².